The molecular formula is C19H21FN2O2. The highest BCUT2D eigenvalue weighted by Gasteiger charge is 2.15. The maximum atomic E-state index is 12.9. The van der Waals surface area contributed by atoms with Gasteiger partial charge in [-0.2, -0.15) is 0 Å². The predicted molar refractivity (Wildman–Crippen MR) is 91.3 cm³/mol. The Balaban J connectivity index is 1.73. The Bertz CT molecular complexity index is 827. The molecule has 0 bridgehead atoms. The van der Waals surface area contributed by atoms with Gasteiger partial charge in [0.1, 0.15) is 5.82 Å². The molecule has 1 atom stereocenters. The molecule has 5 heteroatoms. The quantitative estimate of drug-likeness (QED) is 0.694. The van der Waals surface area contributed by atoms with E-state index in [1.165, 1.54) is 12.1 Å². The fourth-order valence-electron chi connectivity index (χ4n) is 2.71. The number of aromatic amines is 1. The summed E-state index contributed by atoms with van der Waals surface area (Å²) in [6.45, 7) is 4.47. The van der Waals surface area contributed by atoms with Gasteiger partial charge in [-0.05, 0) is 48.7 Å². The SMILES string of the molecule is COC(Cc1ccnc2c(C)c(C)[nH]c12)OCc1ccc(F)cc1. The van der Waals surface area contributed by atoms with Crippen molar-refractivity contribution in [3.8, 4) is 0 Å². The molecule has 0 aliphatic heterocycles. The lowest BCUT2D eigenvalue weighted by Gasteiger charge is -2.17. The molecule has 0 aliphatic carbocycles. The summed E-state index contributed by atoms with van der Waals surface area (Å²) in [5, 5.41) is 0. The summed E-state index contributed by atoms with van der Waals surface area (Å²) >= 11 is 0. The summed E-state index contributed by atoms with van der Waals surface area (Å²) in [7, 11) is 1.62. The standard InChI is InChI=1S/C19H21FN2O2/c1-12-13(2)22-19-15(8-9-21-18(12)19)10-17(23-3)24-11-14-4-6-16(20)7-5-14/h4-9,17,22H,10-11H2,1-3H3. The number of rotatable bonds is 6. The molecule has 3 aromatic rings. The van der Waals surface area contributed by atoms with Gasteiger partial charge in [-0.25, -0.2) is 4.39 Å². The number of aromatic nitrogens is 2. The van der Waals surface area contributed by atoms with Crippen molar-refractivity contribution in [1.29, 1.82) is 0 Å². The second-order valence-electron chi connectivity index (χ2n) is 5.88. The van der Waals surface area contributed by atoms with Crippen LogP contribution in [0.5, 0.6) is 0 Å². The van der Waals surface area contributed by atoms with Crippen molar-refractivity contribution in [2.24, 2.45) is 0 Å². The third-order valence-electron chi connectivity index (χ3n) is 4.27. The van der Waals surface area contributed by atoms with Gasteiger partial charge in [-0.3, -0.25) is 4.98 Å². The first-order chi connectivity index (χ1) is 11.6. The summed E-state index contributed by atoms with van der Waals surface area (Å²) in [4.78, 5) is 7.84. The minimum absolute atomic E-state index is 0.251. The molecule has 1 N–H and O–H groups in total. The summed E-state index contributed by atoms with van der Waals surface area (Å²) < 4.78 is 24.2. The number of benzene rings is 1. The van der Waals surface area contributed by atoms with E-state index in [1.807, 2.05) is 19.2 Å². The highest BCUT2D eigenvalue weighted by atomic mass is 19.1. The van der Waals surface area contributed by atoms with E-state index in [0.29, 0.717) is 13.0 Å². The van der Waals surface area contributed by atoms with E-state index in [0.717, 1.165) is 33.4 Å². The van der Waals surface area contributed by atoms with Crippen molar-refractivity contribution >= 4 is 11.0 Å². The van der Waals surface area contributed by atoms with Crippen molar-refractivity contribution in [2.45, 2.75) is 33.2 Å². The van der Waals surface area contributed by atoms with E-state index in [4.69, 9.17) is 9.47 Å². The summed E-state index contributed by atoms with van der Waals surface area (Å²) in [5.41, 5.74) is 6.30. The fourth-order valence-corrected chi connectivity index (χ4v) is 2.71. The summed E-state index contributed by atoms with van der Waals surface area (Å²) in [6.07, 6.45) is 2.03. The van der Waals surface area contributed by atoms with Gasteiger partial charge in [0.15, 0.2) is 6.29 Å². The van der Waals surface area contributed by atoms with E-state index in [2.05, 4.69) is 16.9 Å². The average Bonchev–Trinajstić information content (AvgIpc) is 2.89. The smallest absolute Gasteiger partial charge is 0.161 e. The van der Waals surface area contributed by atoms with E-state index >= 15 is 0 Å². The first-order valence-electron chi connectivity index (χ1n) is 7.90. The number of ether oxygens (including phenoxy) is 2. The number of halogens is 1. The Morgan fingerprint density at radius 2 is 1.92 bits per heavy atom. The molecule has 0 saturated carbocycles. The van der Waals surface area contributed by atoms with Crippen LogP contribution in [0.15, 0.2) is 36.5 Å². The highest BCUT2D eigenvalue weighted by Crippen LogP contribution is 2.23. The zero-order valence-electron chi connectivity index (χ0n) is 14.1. The van der Waals surface area contributed by atoms with Gasteiger partial charge in [-0.1, -0.05) is 12.1 Å². The number of aryl methyl sites for hydroxylation is 2. The molecule has 0 aliphatic rings. The molecule has 2 heterocycles. The van der Waals surface area contributed by atoms with Crippen LogP contribution in [0, 0.1) is 19.7 Å². The van der Waals surface area contributed by atoms with Crippen molar-refractivity contribution in [3.05, 3.63) is 64.7 Å². The van der Waals surface area contributed by atoms with Crippen LogP contribution in [0.2, 0.25) is 0 Å². The molecule has 126 valence electrons. The van der Waals surface area contributed by atoms with Gasteiger partial charge >= 0.3 is 0 Å². The number of pyridine rings is 1. The second-order valence-corrected chi connectivity index (χ2v) is 5.88. The zero-order chi connectivity index (χ0) is 17.1. The van der Waals surface area contributed by atoms with Crippen LogP contribution in [0.3, 0.4) is 0 Å². The number of hydrogen-bond acceptors (Lipinski definition) is 3. The largest absolute Gasteiger partial charge is 0.357 e. The van der Waals surface area contributed by atoms with Crippen LogP contribution < -0.4 is 0 Å². The molecule has 24 heavy (non-hydrogen) atoms. The number of fused-ring (bicyclic) bond motifs is 1. The van der Waals surface area contributed by atoms with Crippen LogP contribution in [0.4, 0.5) is 4.39 Å². The molecule has 3 rings (SSSR count). The van der Waals surface area contributed by atoms with Crippen molar-refractivity contribution < 1.29 is 13.9 Å². The third-order valence-corrected chi connectivity index (χ3v) is 4.27. The van der Waals surface area contributed by atoms with Crippen molar-refractivity contribution in [3.63, 3.8) is 0 Å². The Labute approximate surface area is 140 Å². The van der Waals surface area contributed by atoms with Crippen LogP contribution >= 0.6 is 0 Å². The number of nitrogens with zero attached hydrogens (tertiary/aromatic N) is 1. The lowest BCUT2D eigenvalue weighted by molar-refractivity contribution is -0.130. The molecule has 0 spiro atoms. The lowest BCUT2D eigenvalue weighted by atomic mass is 10.1. The molecule has 1 unspecified atom stereocenters. The monoisotopic (exact) mass is 328 g/mol. The second kappa shape index (κ2) is 7.11. The van der Waals surface area contributed by atoms with E-state index in [-0.39, 0.29) is 12.1 Å². The predicted octanol–water partition coefficient (Wildman–Crippen LogP) is 4.05. The first kappa shape index (κ1) is 16.6. The minimum atomic E-state index is -0.385. The number of hydrogen-bond donors (Lipinski definition) is 1. The first-order valence-corrected chi connectivity index (χ1v) is 7.90. The Kier molecular flexibility index (Phi) is 4.92. The zero-order valence-corrected chi connectivity index (χ0v) is 14.1. The molecule has 0 radical (unpaired) electrons. The topological polar surface area (TPSA) is 47.1 Å². The van der Waals surface area contributed by atoms with E-state index < -0.39 is 0 Å². The van der Waals surface area contributed by atoms with Crippen LogP contribution in [-0.2, 0) is 22.5 Å². The van der Waals surface area contributed by atoms with E-state index in [1.54, 1.807) is 19.2 Å². The van der Waals surface area contributed by atoms with Gasteiger partial charge in [0.2, 0.25) is 0 Å². The van der Waals surface area contributed by atoms with Crippen molar-refractivity contribution in [1.82, 2.24) is 9.97 Å². The Hall–Kier alpha value is -2.24. The fraction of sp³-hybridized carbons (Fsp3) is 0.316. The maximum Gasteiger partial charge on any atom is 0.161 e. The normalized spacial score (nSPS) is 12.7. The van der Waals surface area contributed by atoms with Gasteiger partial charge in [0, 0.05) is 25.4 Å². The molecule has 2 aromatic heterocycles. The summed E-state index contributed by atoms with van der Waals surface area (Å²) in [6, 6.07) is 8.26. The van der Waals surface area contributed by atoms with Gasteiger partial charge in [0.05, 0.1) is 17.6 Å². The molecule has 4 nitrogen and oxygen atoms in total. The lowest BCUT2D eigenvalue weighted by Crippen LogP contribution is -2.18. The van der Waals surface area contributed by atoms with Crippen LogP contribution in [0.1, 0.15) is 22.4 Å². The van der Waals surface area contributed by atoms with Crippen LogP contribution in [0.25, 0.3) is 11.0 Å². The van der Waals surface area contributed by atoms with Gasteiger partial charge in [-0.15, -0.1) is 0 Å². The van der Waals surface area contributed by atoms with Gasteiger partial charge < -0.3 is 14.5 Å². The molecule has 1 aromatic carbocycles. The van der Waals surface area contributed by atoms with E-state index in [9.17, 15) is 4.39 Å². The number of H-pyrrole nitrogens is 1. The van der Waals surface area contributed by atoms with Crippen molar-refractivity contribution in [2.75, 3.05) is 7.11 Å². The number of nitrogens with one attached hydrogen (secondary N) is 1. The maximum absolute atomic E-state index is 12.9. The number of methoxy groups -OCH3 is 1. The Morgan fingerprint density at radius 1 is 1.17 bits per heavy atom. The van der Waals surface area contributed by atoms with Crippen LogP contribution in [-0.4, -0.2) is 23.4 Å². The molecule has 0 amide bonds. The highest BCUT2D eigenvalue weighted by molar-refractivity contribution is 5.83. The van der Waals surface area contributed by atoms with Gasteiger partial charge in [0.25, 0.3) is 0 Å². The Morgan fingerprint density at radius 3 is 2.62 bits per heavy atom. The molecular weight excluding hydrogens is 307 g/mol. The third kappa shape index (κ3) is 3.47. The summed E-state index contributed by atoms with van der Waals surface area (Å²) in [5.74, 6) is -0.251. The minimum Gasteiger partial charge on any atom is -0.357 e. The molecule has 0 saturated heterocycles. The average molecular weight is 328 g/mol. The molecule has 0 fully saturated rings.